The van der Waals surface area contributed by atoms with Gasteiger partial charge >= 0.3 is 11.7 Å². The molecule has 1 atom stereocenters. The van der Waals surface area contributed by atoms with Crippen LogP contribution in [0.4, 0.5) is 10.1 Å². The van der Waals surface area contributed by atoms with Gasteiger partial charge in [0.1, 0.15) is 11.9 Å². The highest BCUT2D eigenvalue weighted by Crippen LogP contribution is 2.28. The molecule has 0 heterocycles. The third-order valence-corrected chi connectivity index (χ3v) is 3.79. The number of rotatable bonds is 7. The topological polar surface area (TPSA) is 108 Å². The number of nitro benzene ring substituents is 1. The van der Waals surface area contributed by atoms with Crippen LogP contribution in [0.3, 0.4) is 0 Å². The van der Waals surface area contributed by atoms with E-state index in [1.807, 2.05) is 0 Å². The summed E-state index contributed by atoms with van der Waals surface area (Å²) in [4.78, 5) is 34.8. The molecule has 27 heavy (non-hydrogen) atoms. The lowest BCUT2D eigenvalue weighted by molar-refractivity contribution is -0.385. The van der Waals surface area contributed by atoms with E-state index in [0.29, 0.717) is 5.56 Å². The molecule has 2 aromatic rings. The van der Waals surface area contributed by atoms with E-state index in [-0.39, 0.29) is 23.4 Å². The first-order valence-electron chi connectivity index (χ1n) is 7.82. The molecule has 0 aliphatic carbocycles. The minimum atomic E-state index is -1.16. The molecule has 0 radical (unpaired) electrons. The molecule has 0 aliphatic heterocycles. The second kappa shape index (κ2) is 8.75. The average Bonchev–Trinajstić information content (AvgIpc) is 2.66. The Morgan fingerprint density at radius 3 is 2.52 bits per heavy atom. The Kier molecular flexibility index (Phi) is 6.42. The van der Waals surface area contributed by atoms with Crippen molar-refractivity contribution >= 4 is 17.6 Å². The molecule has 1 N–H and O–H groups in total. The largest absolute Gasteiger partial charge is 0.490 e. The van der Waals surface area contributed by atoms with Crippen LogP contribution < -0.4 is 10.1 Å². The molecule has 9 heteroatoms. The highest BCUT2D eigenvalue weighted by Gasteiger charge is 2.25. The third kappa shape index (κ3) is 4.78. The van der Waals surface area contributed by atoms with Gasteiger partial charge in [0, 0.05) is 12.5 Å². The maximum Gasteiger partial charge on any atom is 0.328 e. The number of hydrogen-bond donors (Lipinski definition) is 1. The van der Waals surface area contributed by atoms with Gasteiger partial charge in [-0.15, -0.1) is 0 Å². The predicted molar refractivity (Wildman–Crippen MR) is 93.0 cm³/mol. The second-order valence-corrected chi connectivity index (χ2v) is 5.50. The zero-order chi connectivity index (χ0) is 20.0. The van der Waals surface area contributed by atoms with E-state index in [1.54, 1.807) is 0 Å². The number of halogens is 1. The fourth-order valence-electron chi connectivity index (χ4n) is 2.46. The van der Waals surface area contributed by atoms with E-state index in [1.165, 1.54) is 43.5 Å². The monoisotopic (exact) mass is 376 g/mol. The van der Waals surface area contributed by atoms with Gasteiger partial charge in [0.25, 0.3) is 5.91 Å². The number of esters is 1. The van der Waals surface area contributed by atoms with Crippen LogP contribution in [0.15, 0.2) is 42.5 Å². The summed E-state index contributed by atoms with van der Waals surface area (Å²) in [6, 6.07) is 8.31. The third-order valence-electron chi connectivity index (χ3n) is 3.79. The summed E-state index contributed by atoms with van der Waals surface area (Å²) in [5.74, 6) is -2.24. The zero-order valence-corrected chi connectivity index (χ0v) is 14.6. The zero-order valence-electron chi connectivity index (χ0n) is 14.6. The van der Waals surface area contributed by atoms with Gasteiger partial charge in [0.05, 0.1) is 24.7 Å². The van der Waals surface area contributed by atoms with Crippen LogP contribution in [0.5, 0.6) is 5.75 Å². The summed E-state index contributed by atoms with van der Waals surface area (Å²) in [7, 11) is 2.44. The molecule has 0 unspecified atom stereocenters. The van der Waals surface area contributed by atoms with Crippen molar-refractivity contribution < 1.29 is 28.4 Å². The first-order chi connectivity index (χ1) is 12.9. The van der Waals surface area contributed by atoms with E-state index in [9.17, 15) is 24.1 Å². The Balaban J connectivity index is 2.26. The summed E-state index contributed by atoms with van der Waals surface area (Å²) < 4.78 is 23.4. The minimum absolute atomic E-state index is 0.0637. The highest BCUT2D eigenvalue weighted by molar-refractivity contribution is 5.97. The van der Waals surface area contributed by atoms with Gasteiger partial charge in [-0.2, -0.15) is 0 Å². The molecule has 0 saturated carbocycles. The smallest absolute Gasteiger partial charge is 0.328 e. The number of nitrogens with zero attached hydrogens (tertiary/aromatic N) is 1. The minimum Gasteiger partial charge on any atom is -0.490 e. The summed E-state index contributed by atoms with van der Waals surface area (Å²) >= 11 is 0. The van der Waals surface area contributed by atoms with Crippen molar-refractivity contribution in [2.24, 2.45) is 0 Å². The second-order valence-electron chi connectivity index (χ2n) is 5.50. The number of methoxy groups -OCH3 is 2. The molecule has 142 valence electrons. The molecule has 2 aromatic carbocycles. The van der Waals surface area contributed by atoms with Gasteiger partial charge < -0.3 is 14.8 Å². The van der Waals surface area contributed by atoms with Crippen molar-refractivity contribution in [3.05, 3.63) is 69.5 Å². The SMILES string of the molecule is COC(=O)[C@H](Cc1ccc(OC)c([N+](=O)[O-])c1)NC(=O)c1ccccc1F. The summed E-state index contributed by atoms with van der Waals surface area (Å²) in [6.07, 6.45) is -0.0856. The van der Waals surface area contributed by atoms with E-state index in [0.717, 1.165) is 13.2 Å². The van der Waals surface area contributed by atoms with Crippen LogP contribution >= 0.6 is 0 Å². The molecular weight excluding hydrogens is 359 g/mol. The van der Waals surface area contributed by atoms with Crippen LogP contribution in [0.25, 0.3) is 0 Å². The quantitative estimate of drug-likeness (QED) is 0.451. The van der Waals surface area contributed by atoms with Crippen molar-refractivity contribution in [2.45, 2.75) is 12.5 Å². The number of amides is 1. The standard InChI is InChI=1S/C18H17FN2O6/c1-26-16-8-7-11(10-15(16)21(24)25)9-14(18(23)27-2)20-17(22)12-5-3-4-6-13(12)19/h3-8,10,14H,9H2,1-2H3,(H,20,22)/t14-/m0/s1. The maximum absolute atomic E-state index is 13.8. The van der Waals surface area contributed by atoms with Crippen LogP contribution in [0, 0.1) is 15.9 Å². The van der Waals surface area contributed by atoms with Crippen molar-refractivity contribution in [3.63, 3.8) is 0 Å². The number of benzene rings is 2. The van der Waals surface area contributed by atoms with Gasteiger partial charge in [-0.05, 0) is 23.8 Å². The Bertz CT molecular complexity index is 871. The van der Waals surface area contributed by atoms with Crippen LogP contribution in [0.2, 0.25) is 0 Å². The number of nitro groups is 1. The van der Waals surface area contributed by atoms with Gasteiger partial charge in [0.15, 0.2) is 5.75 Å². The molecule has 0 fully saturated rings. The van der Waals surface area contributed by atoms with Crippen molar-refractivity contribution in [2.75, 3.05) is 14.2 Å². The van der Waals surface area contributed by atoms with Gasteiger partial charge in [-0.3, -0.25) is 14.9 Å². The number of nitrogens with one attached hydrogen (secondary N) is 1. The lowest BCUT2D eigenvalue weighted by atomic mass is 10.0. The fraction of sp³-hybridized carbons (Fsp3) is 0.222. The molecule has 2 rings (SSSR count). The molecule has 8 nitrogen and oxygen atoms in total. The molecule has 0 aromatic heterocycles. The van der Waals surface area contributed by atoms with Crippen molar-refractivity contribution in [1.82, 2.24) is 5.32 Å². The van der Waals surface area contributed by atoms with Crippen LogP contribution in [0.1, 0.15) is 15.9 Å². The van der Waals surface area contributed by atoms with Crippen LogP contribution in [-0.4, -0.2) is 37.1 Å². The van der Waals surface area contributed by atoms with E-state index < -0.39 is 28.7 Å². The molecular formula is C18H17FN2O6. The molecule has 0 spiro atoms. The summed E-state index contributed by atoms with van der Waals surface area (Å²) in [6.45, 7) is 0. The molecule has 1 amide bonds. The Labute approximate surface area is 154 Å². The highest BCUT2D eigenvalue weighted by atomic mass is 19.1. The Hall–Kier alpha value is -3.49. The lowest BCUT2D eigenvalue weighted by Gasteiger charge is -2.17. The summed E-state index contributed by atoms with van der Waals surface area (Å²) in [5, 5.41) is 13.5. The number of carbonyl (C=O) groups is 2. The van der Waals surface area contributed by atoms with Crippen LogP contribution in [-0.2, 0) is 16.0 Å². The number of ether oxygens (including phenoxy) is 2. The fourth-order valence-corrected chi connectivity index (χ4v) is 2.46. The molecule has 0 bridgehead atoms. The normalized spacial score (nSPS) is 11.4. The molecule has 0 saturated heterocycles. The van der Waals surface area contributed by atoms with Gasteiger partial charge in [-0.25, -0.2) is 9.18 Å². The summed E-state index contributed by atoms with van der Waals surface area (Å²) in [5.41, 5.74) is -0.113. The first kappa shape index (κ1) is 19.8. The van der Waals surface area contributed by atoms with Gasteiger partial charge in [0.2, 0.25) is 0 Å². The lowest BCUT2D eigenvalue weighted by Crippen LogP contribution is -2.43. The van der Waals surface area contributed by atoms with E-state index in [2.05, 4.69) is 10.1 Å². The Morgan fingerprint density at radius 2 is 1.93 bits per heavy atom. The first-order valence-corrected chi connectivity index (χ1v) is 7.82. The predicted octanol–water partition coefficient (Wildman–Crippen LogP) is 2.26. The van der Waals surface area contributed by atoms with E-state index >= 15 is 0 Å². The average molecular weight is 376 g/mol. The van der Waals surface area contributed by atoms with E-state index in [4.69, 9.17) is 4.74 Å². The maximum atomic E-state index is 13.8. The molecule has 0 aliphatic rings. The number of hydrogen-bond acceptors (Lipinski definition) is 6. The van der Waals surface area contributed by atoms with Crippen molar-refractivity contribution in [1.29, 1.82) is 0 Å². The number of carbonyl (C=O) groups excluding carboxylic acids is 2. The van der Waals surface area contributed by atoms with Gasteiger partial charge in [-0.1, -0.05) is 18.2 Å². The Morgan fingerprint density at radius 1 is 1.22 bits per heavy atom. The van der Waals surface area contributed by atoms with Crippen molar-refractivity contribution in [3.8, 4) is 5.75 Å².